The summed E-state index contributed by atoms with van der Waals surface area (Å²) in [6.45, 7) is 0.532. The van der Waals surface area contributed by atoms with Gasteiger partial charge in [-0.05, 0) is 66.6 Å². The Labute approximate surface area is 205 Å². The molecule has 2 heterocycles. The molecule has 0 radical (unpaired) electrons. The average molecular weight is 474 g/mol. The molecule has 2 aromatic carbocycles. The molecule has 0 bridgehead atoms. The fourth-order valence-electron chi connectivity index (χ4n) is 6.72. The summed E-state index contributed by atoms with van der Waals surface area (Å²) in [7, 11) is 4.56. The van der Waals surface area contributed by atoms with Crippen LogP contribution in [0.2, 0.25) is 0 Å². The Bertz CT molecular complexity index is 1350. The van der Waals surface area contributed by atoms with Crippen molar-refractivity contribution < 1.29 is 23.8 Å². The highest BCUT2D eigenvalue weighted by Crippen LogP contribution is 2.65. The van der Waals surface area contributed by atoms with Crippen LogP contribution in [0, 0.1) is 5.41 Å². The summed E-state index contributed by atoms with van der Waals surface area (Å²) in [6.07, 6.45) is 6.78. The summed E-state index contributed by atoms with van der Waals surface area (Å²) in [4.78, 5) is 25.6. The van der Waals surface area contributed by atoms with Crippen LogP contribution in [0.3, 0.4) is 0 Å². The van der Waals surface area contributed by atoms with E-state index in [1.807, 2.05) is 18.2 Å². The van der Waals surface area contributed by atoms with Crippen molar-refractivity contribution >= 4 is 22.8 Å². The van der Waals surface area contributed by atoms with E-state index in [1.165, 1.54) is 50.1 Å². The largest absolute Gasteiger partial charge is 0.497 e. The normalized spacial score (nSPS) is 23.0. The molecule has 6 heteroatoms. The molecule has 0 N–H and O–H groups in total. The van der Waals surface area contributed by atoms with Gasteiger partial charge in [-0.15, -0.1) is 0 Å². The van der Waals surface area contributed by atoms with E-state index >= 15 is 0 Å². The summed E-state index contributed by atoms with van der Waals surface area (Å²) < 4.78 is 18.2. The number of carbonyl (C=O) groups is 2. The van der Waals surface area contributed by atoms with Gasteiger partial charge in [0.05, 0.1) is 38.0 Å². The van der Waals surface area contributed by atoms with Gasteiger partial charge in [0.15, 0.2) is 0 Å². The van der Waals surface area contributed by atoms with E-state index in [0.717, 1.165) is 41.7 Å². The van der Waals surface area contributed by atoms with Gasteiger partial charge in [0, 0.05) is 28.9 Å². The Hall–Kier alpha value is -3.28. The number of fused-ring (bicyclic) bond motifs is 7. The predicted octanol–water partition coefficient (Wildman–Crippen LogP) is 5.81. The van der Waals surface area contributed by atoms with Crippen LogP contribution in [0.1, 0.15) is 71.8 Å². The summed E-state index contributed by atoms with van der Waals surface area (Å²) in [6, 6.07) is 12.1. The lowest BCUT2D eigenvalue weighted by Crippen LogP contribution is -2.24. The number of hydrogen-bond donors (Lipinski definition) is 0. The molecule has 2 atom stereocenters. The average Bonchev–Trinajstić information content (AvgIpc) is 3.58. The molecule has 35 heavy (non-hydrogen) atoms. The maximum absolute atomic E-state index is 13.2. The van der Waals surface area contributed by atoms with Gasteiger partial charge in [0.25, 0.3) is 0 Å². The van der Waals surface area contributed by atoms with E-state index in [9.17, 15) is 9.59 Å². The van der Waals surface area contributed by atoms with Crippen LogP contribution in [-0.2, 0) is 20.8 Å². The SMILES string of the molecule is COC(=O)c1ccc2c(C3CCCCC3)c3n(c2c1)C[C@@]1(C(=O)OC)C[C@H]1c1cc(OC)ccc1-3. The van der Waals surface area contributed by atoms with Crippen molar-refractivity contribution in [3.8, 4) is 17.0 Å². The predicted molar refractivity (Wildman–Crippen MR) is 133 cm³/mol. The maximum Gasteiger partial charge on any atom is 0.337 e. The van der Waals surface area contributed by atoms with Crippen molar-refractivity contribution in [3.63, 3.8) is 0 Å². The van der Waals surface area contributed by atoms with Crippen LogP contribution in [0.15, 0.2) is 36.4 Å². The molecule has 3 aromatic rings. The van der Waals surface area contributed by atoms with E-state index in [0.29, 0.717) is 18.0 Å². The summed E-state index contributed by atoms with van der Waals surface area (Å²) >= 11 is 0. The fraction of sp³-hybridized carbons (Fsp3) is 0.448. The van der Waals surface area contributed by atoms with Gasteiger partial charge >= 0.3 is 11.9 Å². The van der Waals surface area contributed by atoms with E-state index in [-0.39, 0.29) is 17.9 Å². The number of hydrogen-bond acceptors (Lipinski definition) is 5. The zero-order valence-corrected chi connectivity index (χ0v) is 20.6. The minimum atomic E-state index is -0.613. The van der Waals surface area contributed by atoms with Gasteiger partial charge in [0.1, 0.15) is 5.75 Å². The summed E-state index contributed by atoms with van der Waals surface area (Å²) in [5.41, 5.74) is 5.75. The second kappa shape index (κ2) is 8.14. The summed E-state index contributed by atoms with van der Waals surface area (Å²) in [5, 5.41) is 1.17. The lowest BCUT2D eigenvalue weighted by atomic mass is 9.81. The molecule has 0 spiro atoms. The highest BCUT2D eigenvalue weighted by Gasteiger charge is 2.63. The highest BCUT2D eigenvalue weighted by molar-refractivity contribution is 6.00. The third-order valence-electron chi connectivity index (χ3n) is 8.53. The van der Waals surface area contributed by atoms with Crippen LogP contribution in [0.25, 0.3) is 22.2 Å². The summed E-state index contributed by atoms with van der Waals surface area (Å²) in [5.74, 6) is 0.802. The molecule has 1 aromatic heterocycles. The first-order chi connectivity index (χ1) is 17.0. The second-order valence-corrected chi connectivity index (χ2v) is 10.3. The lowest BCUT2D eigenvalue weighted by Gasteiger charge is -2.24. The van der Waals surface area contributed by atoms with E-state index in [1.54, 1.807) is 7.11 Å². The second-order valence-electron chi connectivity index (χ2n) is 10.3. The molecule has 182 valence electrons. The van der Waals surface area contributed by atoms with Gasteiger partial charge in [-0.3, -0.25) is 4.79 Å². The van der Waals surface area contributed by atoms with Gasteiger partial charge in [-0.25, -0.2) is 4.79 Å². The first-order valence-electron chi connectivity index (χ1n) is 12.5. The number of rotatable bonds is 4. The van der Waals surface area contributed by atoms with E-state index in [4.69, 9.17) is 14.2 Å². The topological polar surface area (TPSA) is 66.8 Å². The van der Waals surface area contributed by atoms with Crippen LogP contribution < -0.4 is 4.74 Å². The van der Waals surface area contributed by atoms with Crippen molar-refractivity contribution in [1.29, 1.82) is 0 Å². The minimum absolute atomic E-state index is 0.0815. The fourth-order valence-corrected chi connectivity index (χ4v) is 6.72. The van der Waals surface area contributed by atoms with E-state index in [2.05, 4.69) is 22.8 Å². The zero-order chi connectivity index (χ0) is 24.3. The molecule has 0 unspecified atom stereocenters. The quantitative estimate of drug-likeness (QED) is 0.447. The van der Waals surface area contributed by atoms with Gasteiger partial charge in [-0.2, -0.15) is 0 Å². The van der Waals surface area contributed by atoms with Crippen molar-refractivity contribution in [2.75, 3.05) is 21.3 Å². The molecule has 6 rings (SSSR count). The third-order valence-corrected chi connectivity index (χ3v) is 8.53. The van der Waals surface area contributed by atoms with Gasteiger partial charge in [0.2, 0.25) is 0 Å². The Balaban J connectivity index is 1.68. The van der Waals surface area contributed by atoms with Crippen molar-refractivity contribution in [1.82, 2.24) is 4.57 Å². The van der Waals surface area contributed by atoms with Crippen molar-refractivity contribution in [2.45, 2.75) is 56.9 Å². The zero-order valence-electron chi connectivity index (χ0n) is 20.6. The molecule has 1 aliphatic heterocycles. The lowest BCUT2D eigenvalue weighted by molar-refractivity contribution is -0.147. The molecule has 6 nitrogen and oxygen atoms in total. The Morgan fingerprint density at radius 2 is 1.77 bits per heavy atom. The number of methoxy groups -OCH3 is 3. The smallest absolute Gasteiger partial charge is 0.337 e. The third kappa shape index (κ3) is 3.22. The van der Waals surface area contributed by atoms with Gasteiger partial charge < -0.3 is 18.8 Å². The number of esters is 2. The number of aromatic nitrogens is 1. The van der Waals surface area contributed by atoms with Crippen LogP contribution in [-0.4, -0.2) is 37.8 Å². The Morgan fingerprint density at radius 3 is 2.49 bits per heavy atom. The van der Waals surface area contributed by atoms with Crippen LogP contribution >= 0.6 is 0 Å². The Morgan fingerprint density at radius 1 is 0.971 bits per heavy atom. The highest BCUT2D eigenvalue weighted by atomic mass is 16.5. The number of benzene rings is 2. The molecular weight excluding hydrogens is 442 g/mol. The molecule has 2 fully saturated rings. The Kier molecular flexibility index (Phi) is 5.17. The number of ether oxygens (including phenoxy) is 3. The number of carbonyl (C=O) groups excluding carboxylic acids is 2. The molecule has 0 saturated heterocycles. The number of nitrogens with zero attached hydrogens (tertiary/aromatic N) is 1. The molecular formula is C29H31NO5. The molecule has 2 aliphatic carbocycles. The van der Waals surface area contributed by atoms with Crippen molar-refractivity contribution in [2.24, 2.45) is 5.41 Å². The minimum Gasteiger partial charge on any atom is -0.497 e. The standard InChI is InChI=1S/C29H31NO5/c1-33-19-10-12-20-22(14-19)23-15-29(23,28(32)35-3)16-30-24-13-18(27(31)34-2)9-11-21(24)25(26(20)30)17-7-5-4-6-8-17/h9-14,17,23H,4-8,15-16H2,1-3H3/t23-,29-/m0/s1. The van der Waals surface area contributed by atoms with Crippen molar-refractivity contribution in [3.05, 3.63) is 53.1 Å². The molecule has 2 saturated carbocycles. The van der Waals surface area contributed by atoms with E-state index < -0.39 is 5.41 Å². The van der Waals surface area contributed by atoms with Crippen LogP contribution in [0.5, 0.6) is 5.75 Å². The first kappa shape index (κ1) is 22.2. The molecule has 3 aliphatic rings. The van der Waals surface area contributed by atoms with Crippen LogP contribution in [0.4, 0.5) is 0 Å². The first-order valence-corrected chi connectivity index (χ1v) is 12.5. The molecule has 0 amide bonds. The monoisotopic (exact) mass is 473 g/mol. The maximum atomic E-state index is 13.2. The van der Waals surface area contributed by atoms with Gasteiger partial charge in [-0.1, -0.05) is 25.3 Å².